The predicted molar refractivity (Wildman–Crippen MR) is 114 cm³/mol. The summed E-state index contributed by atoms with van der Waals surface area (Å²) in [4.78, 5) is 23.7. The Morgan fingerprint density at radius 3 is 2.83 bits per heavy atom. The highest BCUT2D eigenvalue weighted by atomic mass is 35.5. The highest BCUT2D eigenvalue weighted by Crippen LogP contribution is 2.25. The molecule has 2 atom stereocenters. The minimum absolute atomic E-state index is 0.0451. The number of aliphatic hydroxyl groups excluding tert-OH is 1. The van der Waals surface area contributed by atoms with Crippen LogP contribution in [0, 0.1) is 11.7 Å². The van der Waals surface area contributed by atoms with Crippen LogP contribution in [0.5, 0.6) is 0 Å². The summed E-state index contributed by atoms with van der Waals surface area (Å²) in [6.45, 7) is 6.96. The van der Waals surface area contributed by atoms with Crippen molar-refractivity contribution in [3.63, 3.8) is 0 Å². The lowest BCUT2D eigenvalue weighted by Gasteiger charge is -2.31. The van der Waals surface area contributed by atoms with E-state index in [9.17, 15) is 14.3 Å². The van der Waals surface area contributed by atoms with Crippen LogP contribution in [-0.4, -0.2) is 38.7 Å². The molecule has 0 saturated heterocycles. The van der Waals surface area contributed by atoms with E-state index in [1.807, 2.05) is 13.1 Å². The average molecular weight is 435 g/mol. The van der Waals surface area contributed by atoms with Gasteiger partial charge >= 0.3 is 6.03 Å². The van der Waals surface area contributed by atoms with Gasteiger partial charge in [0, 0.05) is 19.2 Å². The number of urea groups is 1. The number of benzene rings is 1. The smallest absolute Gasteiger partial charge is 0.318 e. The van der Waals surface area contributed by atoms with Crippen molar-refractivity contribution in [2.75, 3.05) is 6.54 Å². The lowest BCUT2D eigenvalue weighted by Crippen LogP contribution is -2.46. The van der Waals surface area contributed by atoms with Gasteiger partial charge in [-0.1, -0.05) is 38.4 Å². The zero-order valence-corrected chi connectivity index (χ0v) is 18.3. The Balaban J connectivity index is 1.75. The number of fused-ring (bicyclic) bond motifs is 1. The number of nitrogens with one attached hydrogen (secondary N) is 1. The van der Waals surface area contributed by atoms with Gasteiger partial charge in [0.2, 0.25) is 0 Å². The number of aliphatic hydroxyl groups is 1. The van der Waals surface area contributed by atoms with Crippen molar-refractivity contribution in [2.45, 2.75) is 58.7 Å². The van der Waals surface area contributed by atoms with Crippen LogP contribution in [0.2, 0.25) is 5.02 Å². The second-order valence-corrected chi connectivity index (χ2v) is 8.51. The standard InChI is InChI=1S/C22H28ClFN4O2/c1-4-19(29)21(14-5-6-17(24)16(23)10-14)27-22(30)28-8-7-15-11-25-20(9-13(2)3)26-18(15)12-28/h5-6,10-11,13,19,21,29H,4,7-9,12H2,1-3H3,(H,27,30)/t19-,21+/m1/s1. The summed E-state index contributed by atoms with van der Waals surface area (Å²) in [6.07, 6.45) is 2.92. The van der Waals surface area contributed by atoms with E-state index in [4.69, 9.17) is 11.6 Å². The maximum atomic E-state index is 13.5. The predicted octanol–water partition coefficient (Wildman–Crippen LogP) is 4.05. The quantitative estimate of drug-likeness (QED) is 0.719. The molecule has 3 rings (SSSR count). The summed E-state index contributed by atoms with van der Waals surface area (Å²) in [7, 11) is 0. The van der Waals surface area contributed by atoms with Gasteiger partial charge in [-0.15, -0.1) is 0 Å². The fourth-order valence-corrected chi connectivity index (χ4v) is 3.74. The molecule has 1 aromatic heterocycles. The largest absolute Gasteiger partial charge is 0.391 e. The van der Waals surface area contributed by atoms with Gasteiger partial charge in [-0.2, -0.15) is 0 Å². The fraction of sp³-hybridized carbons (Fsp3) is 0.500. The Morgan fingerprint density at radius 1 is 1.40 bits per heavy atom. The van der Waals surface area contributed by atoms with Crippen LogP contribution in [0.3, 0.4) is 0 Å². The lowest BCUT2D eigenvalue weighted by molar-refractivity contribution is 0.117. The number of nitrogens with zero attached hydrogens (tertiary/aromatic N) is 3. The Labute approximate surface area is 181 Å². The summed E-state index contributed by atoms with van der Waals surface area (Å²) in [6, 6.07) is 3.22. The SMILES string of the molecule is CC[C@@H](O)[C@@H](NC(=O)N1CCc2cnc(CC(C)C)nc2C1)c1ccc(F)c(Cl)c1. The van der Waals surface area contributed by atoms with Gasteiger partial charge in [-0.3, -0.25) is 0 Å². The molecule has 8 heteroatoms. The van der Waals surface area contributed by atoms with Gasteiger partial charge in [-0.25, -0.2) is 19.2 Å². The van der Waals surface area contributed by atoms with E-state index in [0.29, 0.717) is 37.4 Å². The third kappa shape index (κ3) is 5.26. The number of rotatable bonds is 6. The van der Waals surface area contributed by atoms with E-state index in [-0.39, 0.29) is 11.1 Å². The second kappa shape index (κ2) is 9.71. The second-order valence-electron chi connectivity index (χ2n) is 8.10. The zero-order chi connectivity index (χ0) is 21.8. The van der Waals surface area contributed by atoms with Crippen LogP contribution in [0.4, 0.5) is 9.18 Å². The van der Waals surface area contributed by atoms with Crippen LogP contribution in [0.25, 0.3) is 0 Å². The van der Waals surface area contributed by atoms with E-state index >= 15 is 0 Å². The molecule has 0 bridgehead atoms. The topological polar surface area (TPSA) is 78.4 Å². The molecule has 162 valence electrons. The minimum Gasteiger partial charge on any atom is -0.391 e. The molecule has 30 heavy (non-hydrogen) atoms. The highest BCUT2D eigenvalue weighted by Gasteiger charge is 2.28. The van der Waals surface area contributed by atoms with Crippen LogP contribution in [-0.2, 0) is 19.4 Å². The summed E-state index contributed by atoms with van der Waals surface area (Å²) >= 11 is 5.90. The van der Waals surface area contributed by atoms with Crippen LogP contribution in [0.1, 0.15) is 55.9 Å². The first-order chi connectivity index (χ1) is 14.3. The normalized spacial score (nSPS) is 15.6. The van der Waals surface area contributed by atoms with Crippen molar-refractivity contribution in [2.24, 2.45) is 5.92 Å². The first-order valence-corrected chi connectivity index (χ1v) is 10.7. The molecule has 0 saturated carbocycles. The molecule has 0 radical (unpaired) electrons. The average Bonchev–Trinajstić information content (AvgIpc) is 2.72. The number of carbonyl (C=O) groups is 1. The first kappa shape index (κ1) is 22.4. The van der Waals surface area contributed by atoms with Gasteiger partial charge in [-0.05, 0) is 42.0 Å². The van der Waals surface area contributed by atoms with Crippen molar-refractivity contribution < 1.29 is 14.3 Å². The monoisotopic (exact) mass is 434 g/mol. The highest BCUT2D eigenvalue weighted by molar-refractivity contribution is 6.30. The molecule has 2 N–H and O–H groups in total. The van der Waals surface area contributed by atoms with Crippen molar-refractivity contribution in [3.05, 3.63) is 57.9 Å². The Bertz CT molecular complexity index is 909. The molecule has 0 spiro atoms. The third-order valence-electron chi connectivity index (χ3n) is 5.26. The van der Waals surface area contributed by atoms with Gasteiger partial charge in [0.1, 0.15) is 11.6 Å². The van der Waals surface area contributed by atoms with Gasteiger partial charge < -0.3 is 15.3 Å². The lowest BCUT2D eigenvalue weighted by atomic mass is 9.99. The van der Waals surface area contributed by atoms with Crippen molar-refractivity contribution in [1.82, 2.24) is 20.2 Å². The van der Waals surface area contributed by atoms with Gasteiger partial charge in [0.15, 0.2) is 0 Å². The first-order valence-electron chi connectivity index (χ1n) is 10.3. The fourth-order valence-electron chi connectivity index (χ4n) is 3.55. The molecule has 6 nitrogen and oxygen atoms in total. The molecular formula is C22H28ClFN4O2. The summed E-state index contributed by atoms with van der Waals surface area (Å²) in [5.74, 6) is 0.692. The molecule has 0 fully saturated rings. The van der Waals surface area contributed by atoms with Crippen LogP contribution >= 0.6 is 11.6 Å². The van der Waals surface area contributed by atoms with Gasteiger partial charge in [0.05, 0.1) is 29.4 Å². The molecule has 2 amide bonds. The zero-order valence-electron chi connectivity index (χ0n) is 17.5. The molecule has 2 heterocycles. The Kier molecular flexibility index (Phi) is 7.26. The van der Waals surface area contributed by atoms with E-state index in [0.717, 1.165) is 23.5 Å². The third-order valence-corrected chi connectivity index (χ3v) is 5.55. The number of aromatic nitrogens is 2. The number of carbonyl (C=O) groups excluding carboxylic acids is 1. The maximum Gasteiger partial charge on any atom is 0.318 e. The Morgan fingerprint density at radius 2 is 2.17 bits per heavy atom. The van der Waals surface area contributed by atoms with Crippen molar-refractivity contribution in [3.8, 4) is 0 Å². The number of hydrogen-bond acceptors (Lipinski definition) is 4. The summed E-state index contributed by atoms with van der Waals surface area (Å²) in [5, 5.41) is 13.3. The maximum absolute atomic E-state index is 13.5. The van der Waals surface area contributed by atoms with E-state index in [1.54, 1.807) is 4.90 Å². The number of amides is 2. The van der Waals surface area contributed by atoms with Crippen LogP contribution < -0.4 is 5.32 Å². The van der Waals surface area contributed by atoms with Crippen molar-refractivity contribution >= 4 is 17.6 Å². The summed E-state index contributed by atoms with van der Waals surface area (Å²) < 4.78 is 13.5. The van der Waals surface area contributed by atoms with E-state index < -0.39 is 18.0 Å². The molecule has 2 aromatic rings. The summed E-state index contributed by atoms with van der Waals surface area (Å²) in [5.41, 5.74) is 2.48. The molecule has 1 aromatic carbocycles. The van der Waals surface area contributed by atoms with E-state index in [1.165, 1.54) is 18.2 Å². The molecule has 1 aliphatic rings. The molecule has 1 aliphatic heterocycles. The molecule has 0 aliphatic carbocycles. The number of halogens is 2. The number of hydrogen-bond donors (Lipinski definition) is 2. The molecule has 0 unspecified atom stereocenters. The van der Waals surface area contributed by atoms with Gasteiger partial charge in [0.25, 0.3) is 0 Å². The van der Waals surface area contributed by atoms with Crippen LogP contribution in [0.15, 0.2) is 24.4 Å². The Hall–Kier alpha value is -2.25. The minimum atomic E-state index is -0.826. The van der Waals surface area contributed by atoms with Crippen molar-refractivity contribution in [1.29, 1.82) is 0 Å². The molecular weight excluding hydrogens is 407 g/mol. The van der Waals surface area contributed by atoms with E-state index in [2.05, 4.69) is 29.1 Å².